The van der Waals surface area contributed by atoms with Crippen LogP contribution < -0.4 is 0 Å². The van der Waals surface area contributed by atoms with Gasteiger partial charge in [-0.15, -0.1) is 4.40 Å². The van der Waals surface area contributed by atoms with Crippen LogP contribution in [0.5, 0.6) is 0 Å². The molecule has 1 heterocycles. The van der Waals surface area contributed by atoms with Gasteiger partial charge in [-0.25, -0.2) is 0 Å². The summed E-state index contributed by atoms with van der Waals surface area (Å²) < 4.78 is 35.4. The van der Waals surface area contributed by atoms with E-state index in [1.807, 2.05) is 6.92 Å². The van der Waals surface area contributed by atoms with Gasteiger partial charge in [0.1, 0.15) is 0 Å². The Morgan fingerprint density at radius 1 is 1.06 bits per heavy atom. The van der Waals surface area contributed by atoms with Crippen molar-refractivity contribution < 1.29 is 18.1 Å². The molecule has 0 unspecified atom stereocenters. The van der Waals surface area contributed by atoms with Gasteiger partial charge in [-0.05, 0) is 36.8 Å². The molecule has 32 heavy (non-hydrogen) atoms. The van der Waals surface area contributed by atoms with E-state index in [1.165, 1.54) is 25.4 Å². The van der Waals surface area contributed by atoms with Crippen molar-refractivity contribution in [3.8, 4) is 0 Å². The third kappa shape index (κ3) is 5.55. The van der Waals surface area contributed by atoms with Crippen molar-refractivity contribution in [1.82, 2.24) is 4.98 Å². The van der Waals surface area contributed by atoms with Gasteiger partial charge in [0.2, 0.25) is 12.4 Å². The Labute approximate surface area is 186 Å². The van der Waals surface area contributed by atoms with E-state index in [-0.39, 0.29) is 10.8 Å². The van der Waals surface area contributed by atoms with Crippen LogP contribution in [0.2, 0.25) is 0 Å². The molecule has 0 aliphatic heterocycles. The van der Waals surface area contributed by atoms with Crippen molar-refractivity contribution in [2.45, 2.75) is 23.7 Å². The Kier molecular flexibility index (Phi) is 7.32. The van der Waals surface area contributed by atoms with Gasteiger partial charge in [0.25, 0.3) is 10.0 Å². The Bertz CT molecular complexity index is 1180. The fraction of sp³-hybridized carbons (Fsp3) is 0.217. The maximum absolute atomic E-state index is 13.0. The summed E-state index contributed by atoms with van der Waals surface area (Å²) in [6.45, 7) is 1.39. The summed E-state index contributed by atoms with van der Waals surface area (Å²) in [6.07, 6.45) is 1.54. The fourth-order valence-electron chi connectivity index (χ4n) is 3.43. The van der Waals surface area contributed by atoms with Gasteiger partial charge < -0.3 is 4.74 Å². The topological polar surface area (TPSA) is 112 Å². The summed E-state index contributed by atoms with van der Waals surface area (Å²) in [6, 6.07) is 20.2. The summed E-state index contributed by atoms with van der Waals surface area (Å²) in [5, 5.41) is 11.6. The molecule has 0 bridgehead atoms. The summed E-state index contributed by atoms with van der Waals surface area (Å²) in [7, 11) is -2.82. The molecule has 0 aliphatic carbocycles. The number of aryl methyl sites for hydroxylation is 1. The molecule has 0 saturated heterocycles. The van der Waals surface area contributed by atoms with Crippen LogP contribution in [-0.2, 0) is 14.8 Å². The first-order valence-electron chi connectivity index (χ1n) is 9.85. The van der Waals surface area contributed by atoms with Crippen LogP contribution in [0.25, 0.3) is 0 Å². The van der Waals surface area contributed by atoms with Gasteiger partial charge in [-0.1, -0.05) is 54.1 Å². The minimum Gasteiger partial charge on any atom is -0.483 e. The number of benzene rings is 2. The average Bonchev–Trinajstić information content (AvgIpc) is 2.79. The van der Waals surface area contributed by atoms with E-state index < -0.39 is 33.3 Å². The molecule has 0 spiro atoms. The largest absolute Gasteiger partial charge is 0.483 e. The fourth-order valence-corrected chi connectivity index (χ4v) is 4.44. The molecular formula is C23H23N3O5S. The standard InChI is InChI=1S/C23H23N3O5S/c1-17-11-13-19(14-12-17)32(29,30)25-23(31-2)22(21-10-6-7-15-24-21)20(16-26(27)28)18-8-4-3-5-9-18/h3-15,20,22H,16H2,1-2H3/b25-23-/t20-,22-/m0/s1. The van der Waals surface area contributed by atoms with E-state index in [1.54, 1.807) is 60.7 Å². The zero-order chi connectivity index (χ0) is 23.1. The van der Waals surface area contributed by atoms with Gasteiger partial charge >= 0.3 is 0 Å². The summed E-state index contributed by atoms with van der Waals surface area (Å²) in [5.74, 6) is -1.82. The second-order valence-corrected chi connectivity index (χ2v) is 8.79. The molecule has 0 amide bonds. The van der Waals surface area contributed by atoms with Crippen molar-refractivity contribution in [2.24, 2.45) is 4.40 Å². The number of nitro groups is 1. The van der Waals surface area contributed by atoms with Crippen molar-refractivity contribution in [3.05, 3.63) is 106 Å². The number of ether oxygens (including phenoxy) is 1. The summed E-state index contributed by atoms with van der Waals surface area (Å²) in [5.41, 5.74) is 1.97. The predicted molar refractivity (Wildman–Crippen MR) is 121 cm³/mol. The van der Waals surface area contributed by atoms with Crippen molar-refractivity contribution in [2.75, 3.05) is 13.7 Å². The highest BCUT2D eigenvalue weighted by atomic mass is 32.2. The molecule has 8 nitrogen and oxygen atoms in total. The van der Waals surface area contributed by atoms with Gasteiger partial charge in [0, 0.05) is 11.1 Å². The molecule has 0 radical (unpaired) electrons. The molecule has 0 aliphatic rings. The molecule has 0 N–H and O–H groups in total. The van der Waals surface area contributed by atoms with E-state index >= 15 is 0 Å². The quantitative estimate of drug-likeness (QED) is 0.221. The van der Waals surface area contributed by atoms with Gasteiger partial charge in [0.15, 0.2) is 0 Å². The summed E-state index contributed by atoms with van der Waals surface area (Å²) >= 11 is 0. The monoisotopic (exact) mass is 453 g/mol. The van der Waals surface area contributed by atoms with E-state index in [0.717, 1.165) is 5.56 Å². The number of rotatable bonds is 8. The Hall–Kier alpha value is -3.59. The molecule has 1 aromatic heterocycles. The van der Waals surface area contributed by atoms with E-state index in [2.05, 4.69) is 9.38 Å². The molecule has 0 saturated carbocycles. The first kappa shape index (κ1) is 23.1. The van der Waals surface area contributed by atoms with Crippen LogP contribution in [0.1, 0.15) is 28.7 Å². The minimum atomic E-state index is -4.12. The zero-order valence-electron chi connectivity index (χ0n) is 17.7. The van der Waals surface area contributed by atoms with Crippen LogP contribution in [0.3, 0.4) is 0 Å². The lowest BCUT2D eigenvalue weighted by Gasteiger charge is -2.25. The molecule has 2 atom stereocenters. The van der Waals surface area contributed by atoms with Crippen LogP contribution in [0, 0.1) is 17.0 Å². The number of hydrogen-bond donors (Lipinski definition) is 0. The zero-order valence-corrected chi connectivity index (χ0v) is 18.5. The maximum Gasteiger partial charge on any atom is 0.285 e. The average molecular weight is 454 g/mol. The summed E-state index contributed by atoms with van der Waals surface area (Å²) in [4.78, 5) is 15.5. The number of methoxy groups -OCH3 is 1. The van der Waals surface area contributed by atoms with E-state index in [9.17, 15) is 18.5 Å². The van der Waals surface area contributed by atoms with Crippen molar-refractivity contribution in [1.29, 1.82) is 0 Å². The predicted octanol–water partition coefficient (Wildman–Crippen LogP) is 3.97. The van der Waals surface area contributed by atoms with Gasteiger partial charge in [0.05, 0.1) is 29.5 Å². The van der Waals surface area contributed by atoms with Crippen LogP contribution in [0.4, 0.5) is 0 Å². The van der Waals surface area contributed by atoms with Crippen LogP contribution in [0.15, 0.2) is 88.3 Å². The lowest BCUT2D eigenvalue weighted by atomic mass is 9.83. The molecular weight excluding hydrogens is 430 g/mol. The number of pyridine rings is 1. The molecule has 3 aromatic rings. The Morgan fingerprint density at radius 2 is 1.72 bits per heavy atom. The van der Waals surface area contributed by atoms with Crippen molar-refractivity contribution in [3.63, 3.8) is 0 Å². The third-order valence-corrected chi connectivity index (χ3v) is 6.27. The lowest BCUT2D eigenvalue weighted by molar-refractivity contribution is -0.483. The molecule has 9 heteroatoms. The first-order valence-corrected chi connectivity index (χ1v) is 11.3. The maximum atomic E-state index is 13.0. The highest BCUT2D eigenvalue weighted by Crippen LogP contribution is 2.35. The molecule has 166 valence electrons. The van der Waals surface area contributed by atoms with Crippen molar-refractivity contribution >= 4 is 15.9 Å². The Morgan fingerprint density at radius 3 is 2.28 bits per heavy atom. The van der Waals surface area contributed by atoms with Gasteiger partial charge in [-0.2, -0.15) is 8.42 Å². The van der Waals surface area contributed by atoms with Crippen LogP contribution >= 0.6 is 0 Å². The SMILES string of the molecule is CO/C(=N\S(=O)(=O)c1ccc(C)cc1)[C@H](c1ccccn1)[C@@H](C[N+](=O)[O-])c1ccccc1. The second kappa shape index (κ2) is 10.1. The number of sulfonamides is 1. The number of aromatic nitrogens is 1. The lowest BCUT2D eigenvalue weighted by Crippen LogP contribution is -2.28. The van der Waals surface area contributed by atoms with Gasteiger partial charge in [-0.3, -0.25) is 15.1 Å². The second-order valence-electron chi connectivity index (χ2n) is 7.19. The Balaban J connectivity index is 2.18. The smallest absolute Gasteiger partial charge is 0.285 e. The highest BCUT2D eigenvalue weighted by molar-refractivity contribution is 7.90. The molecule has 0 fully saturated rings. The highest BCUT2D eigenvalue weighted by Gasteiger charge is 2.36. The van der Waals surface area contributed by atoms with E-state index in [4.69, 9.17) is 4.74 Å². The van der Waals surface area contributed by atoms with Crippen LogP contribution in [-0.4, -0.2) is 37.9 Å². The van der Waals surface area contributed by atoms with E-state index in [0.29, 0.717) is 11.3 Å². The molecule has 2 aromatic carbocycles. The minimum absolute atomic E-state index is 0.00274. The number of hydrogen-bond acceptors (Lipinski definition) is 6. The third-order valence-electron chi connectivity index (χ3n) is 4.99. The molecule has 3 rings (SSSR count). The normalized spacial score (nSPS) is 13.9. The first-order chi connectivity index (χ1) is 15.3. The number of nitrogens with zero attached hydrogens (tertiary/aromatic N) is 3.